The van der Waals surface area contributed by atoms with Gasteiger partial charge in [0.1, 0.15) is 5.78 Å². The van der Waals surface area contributed by atoms with Crippen molar-refractivity contribution in [2.75, 3.05) is 5.75 Å². The van der Waals surface area contributed by atoms with Gasteiger partial charge < -0.3 is 4.74 Å². The molecule has 4 unspecified atom stereocenters. The SMILES string of the molecule is O=C1CCC2CC3SCC1C3O2. The summed E-state index contributed by atoms with van der Waals surface area (Å²) in [6.07, 6.45) is 3.62. The van der Waals surface area contributed by atoms with E-state index in [-0.39, 0.29) is 12.0 Å². The average Bonchev–Trinajstić information content (AvgIpc) is 2.54. The van der Waals surface area contributed by atoms with Crippen molar-refractivity contribution in [3.63, 3.8) is 0 Å². The maximum absolute atomic E-state index is 11.6. The molecule has 0 amide bonds. The Labute approximate surface area is 76.0 Å². The smallest absolute Gasteiger partial charge is 0.139 e. The van der Waals surface area contributed by atoms with Gasteiger partial charge in [-0.1, -0.05) is 0 Å². The third-order valence-electron chi connectivity index (χ3n) is 3.22. The van der Waals surface area contributed by atoms with E-state index in [0.717, 1.165) is 18.6 Å². The molecule has 0 aromatic rings. The van der Waals surface area contributed by atoms with Crippen molar-refractivity contribution in [2.24, 2.45) is 5.92 Å². The van der Waals surface area contributed by atoms with E-state index in [2.05, 4.69) is 0 Å². The lowest BCUT2D eigenvalue weighted by atomic mass is 9.91. The molecule has 0 aromatic heterocycles. The monoisotopic (exact) mass is 184 g/mol. The van der Waals surface area contributed by atoms with E-state index in [0.29, 0.717) is 17.1 Å². The highest BCUT2D eigenvalue weighted by Gasteiger charge is 2.49. The summed E-state index contributed by atoms with van der Waals surface area (Å²) < 4.78 is 5.84. The number of thioether (sulfide) groups is 1. The number of Topliss-reactive ketones (excluding diaryl/α,β-unsaturated/α-hetero) is 1. The molecule has 0 N–H and O–H groups in total. The zero-order valence-corrected chi connectivity index (χ0v) is 7.68. The maximum Gasteiger partial charge on any atom is 0.139 e. The molecule has 0 radical (unpaired) electrons. The molecule has 3 aliphatic heterocycles. The quantitative estimate of drug-likeness (QED) is 0.566. The largest absolute Gasteiger partial charge is 0.373 e. The first-order chi connectivity index (χ1) is 5.84. The minimum absolute atomic E-state index is 0.243. The lowest BCUT2D eigenvalue weighted by Gasteiger charge is -2.12. The predicted octanol–water partition coefficient (Wildman–Crippen LogP) is 1.24. The molecular formula is C9H12O2S. The van der Waals surface area contributed by atoms with E-state index in [1.54, 1.807) is 0 Å². The van der Waals surface area contributed by atoms with Crippen molar-refractivity contribution in [1.82, 2.24) is 0 Å². The number of carbonyl (C=O) groups is 1. The van der Waals surface area contributed by atoms with E-state index in [1.165, 1.54) is 6.42 Å². The van der Waals surface area contributed by atoms with Gasteiger partial charge in [-0.25, -0.2) is 0 Å². The summed E-state index contributed by atoms with van der Waals surface area (Å²) in [7, 11) is 0. The van der Waals surface area contributed by atoms with Gasteiger partial charge in [-0.15, -0.1) is 0 Å². The van der Waals surface area contributed by atoms with Gasteiger partial charge in [0, 0.05) is 17.4 Å². The highest BCUT2D eigenvalue weighted by molar-refractivity contribution is 8.00. The molecule has 4 atom stereocenters. The molecule has 3 heterocycles. The van der Waals surface area contributed by atoms with Gasteiger partial charge in [0.2, 0.25) is 0 Å². The van der Waals surface area contributed by atoms with Crippen LogP contribution < -0.4 is 0 Å². The Hall–Kier alpha value is -0.0200. The molecular weight excluding hydrogens is 172 g/mol. The summed E-state index contributed by atoms with van der Waals surface area (Å²) >= 11 is 1.95. The highest BCUT2D eigenvalue weighted by Crippen LogP contribution is 2.46. The van der Waals surface area contributed by atoms with Crippen molar-refractivity contribution < 1.29 is 9.53 Å². The molecule has 3 fully saturated rings. The van der Waals surface area contributed by atoms with Crippen molar-refractivity contribution in [1.29, 1.82) is 0 Å². The second kappa shape index (κ2) is 2.48. The molecule has 12 heavy (non-hydrogen) atoms. The van der Waals surface area contributed by atoms with Crippen LogP contribution in [0.2, 0.25) is 0 Å². The third-order valence-corrected chi connectivity index (χ3v) is 4.66. The van der Waals surface area contributed by atoms with Gasteiger partial charge >= 0.3 is 0 Å². The summed E-state index contributed by atoms with van der Waals surface area (Å²) in [5.74, 6) is 1.71. The molecule has 66 valence electrons. The van der Waals surface area contributed by atoms with Crippen LogP contribution >= 0.6 is 11.8 Å². The van der Waals surface area contributed by atoms with E-state index in [1.807, 2.05) is 11.8 Å². The summed E-state index contributed by atoms with van der Waals surface area (Å²) in [6, 6.07) is 0. The van der Waals surface area contributed by atoms with Gasteiger partial charge in [-0.05, 0) is 12.8 Å². The van der Waals surface area contributed by atoms with Crippen molar-refractivity contribution >= 4 is 17.5 Å². The fourth-order valence-corrected chi connectivity index (χ4v) is 4.17. The maximum atomic E-state index is 11.6. The van der Waals surface area contributed by atoms with E-state index >= 15 is 0 Å². The van der Waals surface area contributed by atoms with Crippen LogP contribution in [0, 0.1) is 5.92 Å². The number of fused-ring (bicyclic) bond motifs is 1. The zero-order chi connectivity index (χ0) is 8.13. The second-order valence-electron chi connectivity index (χ2n) is 3.94. The number of ketones is 1. The first kappa shape index (κ1) is 7.39. The fraction of sp³-hybridized carbons (Fsp3) is 0.889. The Morgan fingerprint density at radius 3 is 3.33 bits per heavy atom. The Morgan fingerprint density at radius 2 is 2.42 bits per heavy atom. The van der Waals surface area contributed by atoms with Crippen LogP contribution in [0.3, 0.4) is 0 Å². The molecule has 2 bridgehead atoms. The van der Waals surface area contributed by atoms with Crippen molar-refractivity contribution in [3.05, 3.63) is 0 Å². The summed E-state index contributed by atoms with van der Waals surface area (Å²) in [4.78, 5) is 11.6. The number of carbonyl (C=O) groups excluding carboxylic acids is 1. The van der Waals surface area contributed by atoms with Crippen LogP contribution in [0.1, 0.15) is 19.3 Å². The van der Waals surface area contributed by atoms with Crippen LogP contribution in [-0.4, -0.2) is 29.0 Å². The number of ether oxygens (including phenoxy) is 1. The first-order valence-corrected chi connectivity index (χ1v) is 5.69. The number of hydrogen-bond acceptors (Lipinski definition) is 3. The summed E-state index contributed by atoms with van der Waals surface area (Å²) in [6.45, 7) is 0. The topological polar surface area (TPSA) is 26.3 Å². The molecule has 0 aromatic carbocycles. The van der Waals surface area contributed by atoms with Gasteiger partial charge in [-0.2, -0.15) is 11.8 Å². The lowest BCUT2D eigenvalue weighted by molar-refractivity contribution is -0.123. The van der Waals surface area contributed by atoms with Crippen LogP contribution in [0.4, 0.5) is 0 Å². The van der Waals surface area contributed by atoms with E-state index < -0.39 is 0 Å². The van der Waals surface area contributed by atoms with Crippen LogP contribution in [0.5, 0.6) is 0 Å². The molecule has 0 saturated carbocycles. The molecule has 3 rings (SSSR count). The normalized spacial score (nSPS) is 51.2. The van der Waals surface area contributed by atoms with Crippen molar-refractivity contribution in [2.45, 2.75) is 36.7 Å². The Kier molecular flexibility index (Phi) is 1.53. The predicted molar refractivity (Wildman–Crippen MR) is 47.3 cm³/mol. The first-order valence-electron chi connectivity index (χ1n) is 4.64. The van der Waals surface area contributed by atoms with Crippen LogP contribution in [-0.2, 0) is 9.53 Å². The number of rotatable bonds is 0. The minimum atomic E-state index is 0.243. The third kappa shape index (κ3) is 0.895. The van der Waals surface area contributed by atoms with Gasteiger partial charge in [0.05, 0.1) is 18.1 Å². The minimum Gasteiger partial charge on any atom is -0.373 e. The molecule has 3 aliphatic rings. The molecule has 3 heteroatoms. The Morgan fingerprint density at radius 1 is 1.50 bits per heavy atom. The second-order valence-corrected chi connectivity index (χ2v) is 5.21. The fourth-order valence-electron chi connectivity index (χ4n) is 2.55. The van der Waals surface area contributed by atoms with E-state index in [4.69, 9.17) is 4.74 Å². The summed E-state index contributed by atoms with van der Waals surface area (Å²) in [5, 5.41) is 0.643. The average molecular weight is 184 g/mol. The lowest BCUT2D eigenvalue weighted by Crippen LogP contribution is -2.27. The van der Waals surface area contributed by atoms with E-state index in [9.17, 15) is 4.79 Å². The molecule has 0 aliphatic carbocycles. The van der Waals surface area contributed by atoms with Crippen molar-refractivity contribution in [3.8, 4) is 0 Å². The van der Waals surface area contributed by atoms with Gasteiger partial charge in [0.25, 0.3) is 0 Å². The summed E-state index contributed by atoms with van der Waals surface area (Å²) in [5.41, 5.74) is 0. The number of hydrogen-bond donors (Lipinski definition) is 0. The standard InChI is InChI=1S/C9H12O2S/c10-7-2-1-5-3-8-9(11-5)6(7)4-12-8/h5-6,8-9H,1-4H2. The molecule has 3 saturated heterocycles. The zero-order valence-electron chi connectivity index (χ0n) is 6.86. The van der Waals surface area contributed by atoms with Gasteiger partial charge in [0.15, 0.2) is 0 Å². The van der Waals surface area contributed by atoms with Crippen LogP contribution in [0.25, 0.3) is 0 Å². The molecule has 2 nitrogen and oxygen atoms in total. The Bertz CT molecular complexity index is 229. The van der Waals surface area contributed by atoms with Gasteiger partial charge in [-0.3, -0.25) is 4.79 Å². The van der Waals surface area contributed by atoms with Crippen LogP contribution in [0.15, 0.2) is 0 Å². The molecule has 0 spiro atoms. The Balaban J connectivity index is 1.95. The highest BCUT2D eigenvalue weighted by atomic mass is 32.2.